The third-order valence-electron chi connectivity index (χ3n) is 5.49. The summed E-state index contributed by atoms with van der Waals surface area (Å²) in [5, 5.41) is 15.3. The van der Waals surface area contributed by atoms with Crippen molar-refractivity contribution in [3.63, 3.8) is 0 Å². The van der Waals surface area contributed by atoms with Crippen LogP contribution in [0.3, 0.4) is 0 Å². The lowest BCUT2D eigenvalue weighted by atomic mass is 10.1. The molecule has 0 aliphatic rings. The van der Waals surface area contributed by atoms with E-state index in [2.05, 4.69) is 15.3 Å². The maximum Gasteiger partial charge on any atom is 0.353 e. The van der Waals surface area contributed by atoms with Gasteiger partial charge in [-0.25, -0.2) is 9.97 Å². The predicted molar refractivity (Wildman–Crippen MR) is 131 cm³/mol. The molecule has 33 heavy (non-hydrogen) atoms. The molecule has 4 rings (SSSR count). The average molecular weight is 440 g/mol. The summed E-state index contributed by atoms with van der Waals surface area (Å²) in [5.74, 6) is 0.438. The van der Waals surface area contributed by atoms with Crippen molar-refractivity contribution in [2.75, 3.05) is 10.2 Å². The monoisotopic (exact) mass is 439 g/mol. The number of anilines is 3. The van der Waals surface area contributed by atoms with Gasteiger partial charge in [-0.1, -0.05) is 66.7 Å². The Kier molecular flexibility index (Phi) is 6.59. The van der Waals surface area contributed by atoms with E-state index in [1.807, 2.05) is 97.6 Å². The molecule has 1 aromatic heterocycles. The Labute approximate surface area is 192 Å². The molecule has 0 saturated carbocycles. The first kappa shape index (κ1) is 22.0. The van der Waals surface area contributed by atoms with E-state index < -0.39 is 4.92 Å². The van der Waals surface area contributed by atoms with Crippen LogP contribution in [0.2, 0.25) is 0 Å². The molecule has 166 valence electrons. The summed E-state index contributed by atoms with van der Waals surface area (Å²) in [6, 6.07) is 25.5. The van der Waals surface area contributed by atoms with E-state index in [1.54, 1.807) is 0 Å². The van der Waals surface area contributed by atoms with E-state index in [0.717, 1.165) is 27.9 Å². The fraction of sp³-hybridized carbons (Fsp3) is 0.154. The maximum absolute atomic E-state index is 12.2. The molecule has 1 heterocycles. The van der Waals surface area contributed by atoms with Gasteiger partial charge in [0.15, 0.2) is 0 Å². The Bertz CT molecular complexity index is 1200. The van der Waals surface area contributed by atoms with E-state index in [4.69, 9.17) is 0 Å². The van der Waals surface area contributed by atoms with E-state index in [0.29, 0.717) is 13.1 Å². The molecule has 1 N–H and O–H groups in total. The summed E-state index contributed by atoms with van der Waals surface area (Å²) in [5.41, 5.74) is 4.89. The van der Waals surface area contributed by atoms with Crippen molar-refractivity contribution in [3.8, 4) is 0 Å². The van der Waals surface area contributed by atoms with Gasteiger partial charge in [0.05, 0.1) is 4.92 Å². The van der Waals surface area contributed by atoms with Crippen LogP contribution in [-0.2, 0) is 13.1 Å². The van der Waals surface area contributed by atoms with Crippen molar-refractivity contribution < 1.29 is 4.92 Å². The Morgan fingerprint density at radius 1 is 0.848 bits per heavy atom. The molecular formula is C26H25N5O2. The molecule has 3 aromatic carbocycles. The Balaban J connectivity index is 1.75. The second kappa shape index (κ2) is 9.91. The molecule has 0 unspecified atom stereocenters. The number of nitrogens with zero attached hydrogens (tertiary/aromatic N) is 4. The quantitative estimate of drug-likeness (QED) is 0.270. The smallest absolute Gasteiger partial charge is 0.342 e. The van der Waals surface area contributed by atoms with Crippen LogP contribution in [0.1, 0.15) is 22.3 Å². The SMILES string of the molecule is Cc1ccc(Nc2ncnc(N(Cc3ccccc3)Cc3ccccc3)c2[N+](=O)[O-])cc1C. The normalized spacial score (nSPS) is 10.6. The van der Waals surface area contributed by atoms with E-state index >= 15 is 0 Å². The Hall–Kier alpha value is -4.26. The minimum atomic E-state index is -0.415. The topological polar surface area (TPSA) is 84.2 Å². The van der Waals surface area contributed by atoms with Gasteiger partial charge < -0.3 is 10.2 Å². The number of hydrogen-bond donors (Lipinski definition) is 1. The second-order valence-corrected chi connectivity index (χ2v) is 7.90. The molecule has 0 radical (unpaired) electrons. The van der Waals surface area contributed by atoms with Gasteiger partial charge >= 0.3 is 5.69 Å². The molecule has 7 nitrogen and oxygen atoms in total. The number of nitrogens with one attached hydrogen (secondary N) is 1. The van der Waals surface area contributed by atoms with Crippen molar-refractivity contribution in [2.24, 2.45) is 0 Å². The molecule has 4 aromatic rings. The molecule has 0 fully saturated rings. The molecular weight excluding hydrogens is 414 g/mol. The van der Waals surface area contributed by atoms with Crippen LogP contribution >= 0.6 is 0 Å². The highest BCUT2D eigenvalue weighted by atomic mass is 16.6. The molecule has 0 amide bonds. The molecule has 0 atom stereocenters. The van der Waals surface area contributed by atoms with Crippen molar-refractivity contribution in [1.29, 1.82) is 0 Å². The lowest BCUT2D eigenvalue weighted by Crippen LogP contribution is -2.24. The average Bonchev–Trinajstić information content (AvgIpc) is 2.82. The fourth-order valence-corrected chi connectivity index (χ4v) is 3.63. The highest BCUT2D eigenvalue weighted by molar-refractivity contribution is 5.74. The van der Waals surface area contributed by atoms with Gasteiger partial charge in [0.2, 0.25) is 11.6 Å². The zero-order chi connectivity index (χ0) is 23.2. The fourth-order valence-electron chi connectivity index (χ4n) is 3.63. The van der Waals surface area contributed by atoms with Crippen molar-refractivity contribution >= 4 is 23.0 Å². The van der Waals surface area contributed by atoms with Gasteiger partial charge in [-0.05, 0) is 48.2 Å². The molecule has 0 saturated heterocycles. The number of aromatic nitrogens is 2. The molecule has 0 spiro atoms. The first-order valence-electron chi connectivity index (χ1n) is 10.7. The molecule has 0 aliphatic heterocycles. The van der Waals surface area contributed by atoms with Crippen LogP contribution in [0, 0.1) is 24.0 Å². The number of aryl methyl sites for hydroxylation is 2. The lowest BCUT2D eigenvalue weighted by Gasteiger charge is -2.24. The highest BCUT2D eigenvalue weighted by Crippen LogP contribution is 2.35. The number of nitro groups is 1. The maximum atomic E-state index is 12.2. The van der Waals surface area contributed by atoms with Crippen LogP contribution in [0.15, 0.2) is 85.2 Å². The third kappa shape index (κ3) is 5.33. The van der Waals surface area contributed by atoms with Gasteiger partial charge in [0, 0.05) is 18.8 Å². The van der Waals surface area contributed by atoms with Crippen molar-refractivity contribution in [1.82, 2.24) is 9.97 Å². The molecule has 0 bridgehead atoms. The largest absolute Gasteiger partial charge is 0.353 e. The zero-order valence-corrected chi connectivity index (χ0v) is 18.6. The molecule has 7 heteroatoms. The number of benzene rings is 3. The zero-order valence-electron chi connectivity index (χ0n) is 18.6. The van der Waals surface area contributed by atoms with E-state index in [9.17, 15) is 10.1 Å². The van der Waals surface area contributed by atoms with Crippen LogP contribution in [0.25, 0.3) is 0 Å². The van der Waals surface area contributed by atoms with E-state index in [-0.39, 0.29) is 17.3 Å². The van der Waals surface area contributed by atoms with Crippen molar-refractivity contribution in [2.45, 2.75) is 26.9 Å². The molecule has 0 aliphatic carbocycles. The minimum absolute atomic E-state index is 0.150. The third-order valence-corrected chi connectivity index (χ3v) is 5.49. The van der Waals surface area contributed by atoms with Crippen LogP contribution < -0.4 is 10.2 Å². The summed E-state index contributed by atoms with van der Waals surface area (Å²) in [4.78, 5) is 22.3. The standard InChI is InChI=1S/C26H25N5O2/c1-19-13-14-23(15-20(19)2)29-25-24(31(32)33)26(28-18-27-25)30(16-21-9-5-3-6-10-21)17-22-11-7-4-8-12-22/h3-15,18H,16-17H2,1-2H3,(H,27,28,29). The Morgan fingerprint density at radius 2 is 1.45 bits per heavy atom. The van der Waals surface area contributed by atoms with E-state index in [1.165, 1.54) is 6.33 Å². The summed E-state index contributed by atoms with van der Waals surface area (Å²) >= 11 is 0. The second-order valence-electron chi connectivity index (χ2n) is 7.90. The van der Waals surface area contributed by atoms with Crippen LogP contribution in [-0.4, -0.2) is 14.9 Å². The summed E-state index contributed by atoms with van der Waals surface area (Å²) in [7, 11) is 0. The first-order chi connectivity index (χ1) is 16.0. The predicted octanol–water partition coefficient (Wildman–Crippen LogP) is 5.95. The summed E-state index contributed by atoms with van der Waals surface area (Å²) in [6.07, 6.45) is 1.37. The lowest BCUT2D eigenvalue weighted by molar-refractivity contribution is -0.383. The Morgan fingerprint density at radius 3 is 2.00 bits per heavy atom. The van der Waals surface area contributed by atoms with Gasteiger partial charge in [0.1, 0.15) is 6.33 Å². The highest BCUT2D eigenvalue weighted by Gasteiger charge is 2.27. The van der Waals surface area contributed by atoms with Gasteiger partial charge in [-0.15, -0.1) is 0 Å². The number of rotatable bonds is 8. The minimum Gasteiger partial charge on any atom is -0.342 e. The summed E-state index contributed by atoms with van der Waals surface area (Å²) < 4.78 is 0. The van der Waals surface area contributed by atoms with Crippen LogP contribution in [0.4, 0.5) is 23.0 Å². The first-order valence-corrected chi connectivity index (χ1v) is 10.7. The van der Waals surface area contributed by atoms with Gasteiger partial charge in [-0.2, -0.15) is 0 Å². The summed E-state index contributed by atoms with van der Waals surface area (Å²) in [6.45, 7) is 4.96. The number of hydrogen-bond acceptors (Lipinski definition) is 6. The van der Waals surface area contributed by atoms with Crippen molar-refractivity contribution in [3.05, 3.63) is 118 Å². The van der Waals surface area contributed by atoms with Gasteiger partial charge in [-0.3, -0.25) is 10.1 Å². The van der Waals surface area contributed by atoms with Gasteiger partial charge in [0.25, 0.3) is 0 Å². The van der Waals surface area contributed by atoms with Crippen LogP contribution in [0.5, 0.6) is 0 Å².